The van der Waals surface area contributed by atoms with Crippen LogP contribution in [0.15, 0.2) is 42.5 Å². The number of ether oxygens (including phenoxy) is 1. The Morgan fingerprint density at radius 1 is 1.07 bits per heavy atom. The zero-order valence-corrected chi connectivity index (χ0v) is 15.8. The van der Waals surface area contributed by atoms with Crippen LogP contribution in [-0.4, -0.2) is 30.6 Å². The normalized spacial score (nSPS) is 10.3. The first kappa shape index (κ1) is 20.9. The van der Waals surface area contributed by atoms with Gasteiger partial charge in [0.15, 0.2) is 6.61 Å². The van der Waals surface area contributed by atoms with E-state index in [1.807, 2.05) is 0 Å². The Kier molecular flexibility index (Phi) is 7.08. The number of benzene rings is 2. The van der Waals surface area contributed by atoms with E-state index in [4.69, 9.17) is 4.74 Å². The molecule has 148 valence electrons. The van der Waals surface area contributed by atoms with Crippen LogP contribution in [0, 0.1) is 12.7 Å². The van der Waals surface area contributed by atoms with Crippen molar-refractivity contribution in [2.75, 3.05) is 17.2 Å². The third kappa shape index (κ3) is 6.08. The van der Waals surface area contributed by atoms with Gasteiger partial charge in [-0.15, -0.1) is 0 Å². The van der Waals surface area contributed by atoms with Gasteiger partial charge in [-0.2, -0.15) is 0 Å². The molecule has 7 nitrogen and oxygen atoms in total. The number of amides is 3. The van der Waals surface area contributed by atoms with Crippen molar-refractivity contribution in [3.63, 3.8) is 0 Å². The smallest absolute Gasteiger partial charge is 0.340 e. The molecule has 2 aromatic rings. The summed E-state index contributed by atoms with van der Waals surface area (Å²) in [6.07, 6.45) is 0. The summed E-state index contributed by atoms with van der Waals surface area (Å²) in [6, 6.07) is 10.0. The molecule has 0 aliphatic heterocycles. The van der Waals surface area contributed by atoms with Gasteiger partial charge in [0, 0.05) is 11.7 Å². The molecule has 0 fully saturated rings. The Bertz CT molecular complexity index is 884. The molecule has 0 unspecified atom stereocenters. The van der Waals surface area contributed by atoms with Crippen LogP contribution in [-0.2, 0) is 9.53 Å². The van der Waals surface area contributed by atoms with Crippen molar-refractivity contribution in [3.8, 4) is 0 Å². The Labute approximate surface area is 162 Å². The van der Waals surface area contributed by atoms with Gasteiger partial charge < -0.3 is 20.7 Å². The Hall–Kier alpha value is -3.42. The fourth-order valence-corrected chi connectivity index (χ4v) is 2.27. The van der Waals surface area contributed by atoms with Gasteiger partial charge in [-0.25, -0.2) is 14.0 Å². The van der Waals surface area contributed by atoms with E-state index in [1.165, 1.54) is 18.2 Å². The predicted octanol–water partition coefficient (Wildman–Crippen LogP) is 3.46. The monoisotopic (exact) mass is 387 g/mol. The third-order valence-corrected chi connectivity index (χ3v) is 3.60. The third-order valence-electron chi connectivity index (χ3n) is 3.60. The summed E-state index contributed by atoms with van der Waals surface area (Å²) in [7, 11) is 0. The largest absolute Gasteiger partial charge is 0.452 e. The van der Waals surface area contributed by atoms with Crippen molar-refractivity contribution in [1.82, 2.24) is 5.32 Å². The van der Waals surface area contributed by atoms with E-state index in [-0.39, 0.29) is 23.0 Å². The highest BCUT2D eigenvalue weighted by molar-refractivity contribution is 6.02. The van der Waals surface area contributed by atoms with Crippen LogP contribution in [0.3, 0.4) is 0 Å². The molecule has 2 rings (SSSR count). The van der Waals surface area contributed by atoms with Gasteiger partial charge in [0.05, 0.1) is 11.3 Å². The molecule has 8 heteroatoms. The molecular weight excluding hydrogens is 365 g/mol. The summed E-state index contributed by atoms with van der Waals surface area (Å²) in [4.78, 5) is 36.1. The van der Waals surface area contributed by atoms with Crippen LogP contribution < -0.4 is 16.0 Å². The number of rotatable bonds is 6. The molecule has 0 saturated heterocycles. The molecule has 2 aromatic carbocycles. The minimum Gasteiger partial charge on any atom is -0.452 e. The lowest BCUT2D eigenvalue weighted by Crippen LogP contribution is -2.34. The molecule has 0 saturated carbocycles. The molecule has 0 aliphatic rings. The molecule has 0 aromatic heterocycles. The first-order chi connectivity index (χ1) is 13.3. The van der Waals surface area contributed by atoms with E-state index in [9.17, 15) is 18.8 Å². The molecule has 0 spiro atoms. The van der Waals surface area contributed by atoms with Gasteiger partial charge in [0.2, 0.25) is 0 Å². The topological polar surface area (TPSA) is 96.5 Å². The molecule has 0 radical (unpaired) electrons. The minimum absolute atomic E-state index is 0.0746. The van der Waals surface area contributed by atoms with Gasteiger partial charge in [-0.1, -0.05) is 18.2 Å². The van der Waals surface area contributed by atoms with E-state index >= 15 is 0 Å². The van der Waals surface area contributed by atoms with Crippen LogP contribution in [0.2, 0.25) is 0 Å². The molecule has 0 heterocycles. The number of esters is 1. The van der Waals surface area contributed by atoms with Crippen LogP contribution in [0.4, 0.5) is 20.6 Å². The molecular formula is C20H22FN3O4. The van der Waals surface area contributed by atoms with Crippen molar-refractivity contribution < 1.29 is 23.5 Å². The van der Waals surface area contributed by atoms with Crippen molar-refractivity contribution >= 4 is 29.3 Å². The van der Waals surface area contributed by atoms with E-state index in [2.05, 4.69) is 16.0 Å². The van der Waals surface area contributed by atoms with Crippen LogP contribution in [0.5, 0.6) is 0 Å². The van der Waals surface area contributed by atoms with Crippen LogP contribution in [0.1, 0.15) is 29.8 Å². The Morgan fingerprint density at radius 3 is 2.46 bits per heavy atom. The first-order valence-corrected chi connectivity index (χ1v) is 8.66. The number of carbonyl (C=O) groups excluding carboxylic acids is 3. The number of nitrogens with one attached hydrogen (secondary N) is 3. The molecule has 28 heavy (non-hydrogen) atoms. The SMILES string of the molecule is Cc1ccc(NC(=O)COC(=O)c2ccccc2NC(=O)NC(C)C)cc1F. The van der Waals surface area contributed by atoms with E-state index in [0.717, 1.165) is 0 Å². The number of para-hydroxylation sites is 1. The molecule has 3 N–H and O–H groups in total. The number of aryl methyl sites for hydroxylation is 1. The highest BCUT2D eigenvalue weighted by Crippen LogP contribution is 2.17. The van der Waals surface area contributed by atoms with Gasteiger partial charge in [-0.05, 0) is 50.6 Å². The zero-order valence-electron chi connectivity index (χ0n) is 15.8. The van der Waals surface area contributed by atoms with Crippen molar-refractivity contribution in [2.24, 2.45) is 0 Å². The van der Waals surface area contributed by atoms with Gasteiger partial charge >= 0.3 is 12.0 Å². The number of carbonyl (C=O) groups is 3. The average Bonchev–Trinajstić information content (AvgIpc) is 2.62. The fraction of sp³-hybridized carbons (Fsp3) is 0.250. The lowest BCUT2D eigenvalue weighted by atomic mass is 10.2. The molecule has 3 amide bonds. The second-order valence-corrected chi connectivity index (χ2v) is 6.39. The summed E-state index contributed by atoms with van der Waals surface area (Å²) < 4.78 is 18.5. The minimum atomic E-state index is -0.773. The van der Waals surface area contributed by atoms with Crippen LogP contribution >= 0.6 is 0 Å². The van der Waals surface area contributed by atoms with Crippen molar-refractivity contribution in [1.29, 1.82) is 0 Å². The lowest BCUT2D eigenvalue weighted by molar-refractivity contribution is -0.119. The second-order valence-electron chi connectivity index (χ2n) is 6.39. The van der Waals surface area contributed by atoms with Gasteiger partial charge in [-0.3, -0.25) is 4.79 Å². The second kappa shape index (κ2) is 9.50. The molecule has 0 atom stereocenters. The van der Waals surface area contributed by atoms with E-state index < -0.39 is 30.3 Å². The molecule has 0 bridgehead atoms. The fourth-order valence-electron chi connectivity index (χ4n) is 2.27. The van der Waals surface area contributed by atoms with Crippen molar-refractivity contribution in [2.45, 2.75) is 26.8 Å². The Balaban J connectivity index is 1.96. The first-order valence-electron chi connectivity index (χ1n) is 8.66. The Morgan fingerprint density at radius 2 is 1.79 bits per heavy atom. The number of anilines is 2. The number of halogens is 1. The predicted molar refractivity (Wildman–Crippen MR) is 104 cm³/mol. The maximum absolute atomic E-state index is 13.5. The summed E-state index contributed by atoms with van der Waals surface area (Å²) in [6.45, 7) is 4.66. The standard InChI is InChI=1S/C20H22FN3O4/c1-12(2)22-20(27)24-17-7-5-4-6-15(17)19(26)28-11-18(25)23-14-9-8-13(3)16(21)10-14/h4-10,12H,11H2,1-3H3,(H,23,25)(H2,22,24,27). The zero-order chi connectivity index (χ0) is 20.7. The van der Waals surface area contributed by atoms with E-state index in [1.54, 1.807) is 45.0 Å². The highest BCUT2D eigenvalue weighted by atomic mass is 19.1. The van der Waals surface area contributed by atoms with Crippen molar-refractivity contribution in [3.05, 3.63) is 59.4 Å². The summed E-state index contributed by atoms with van der Waals surface area (Å²) in [5, 5.41) is 7.66. The van der Waals surface area contributed by atoms with E-state index in [0.29, 0.717) is 5.56 Å². The number of hydrogen-bond donors (Lipinski definition) is 3. The van der Waals surface area contributed by atoms with Gasteiger partial charge in [0.25, 0.3) is 5.91 Å². The molecule has 0 aliphatic carbocycles. The maximum atomic E-state index is 13.5. The lowest BCUT2D eigenvalue weighted by Gasteiger charge is -2.13. The quantitative estimate of drug-likeness (QED) is 0.662. The average molecular weight is 387 g/mol. The number of urea groups is 1. The maximum Gasteiger partial charge on any atom is 0.340 e. The highest BCUT2D eigenvalue weighted by Gasteiger charge is 2.16. The summed E-state index contributed by atoms with van der Waals surface area (Å²) >= 11 is 0. The van der Waals surface area contributed by atoms with Crippen LogP contribution in [0.25, 0.3) is 0 Å². The summed E-state index contributed by atoms with van der Waals surface area (Å²) in [5.41, 5.74) is 1.08. The van der Waals surface area contributed by atoms with Gasteiger partial charge in [0.1, 0.15) is 5.82 Å². The number of hydrogen-bond acceptors (Lipinski definition) is 4. The summed E-state index contributed by atoms with van der Waals surface area (Å²) in [5.74, 6) is -1.83.